The van der Waals surface area contributed by atoms with E-state index in [0.29, 0.717) is 5.92 Å². The summed E-state index contributed by atoms with van der Waals surface area (Å²) in [5.41, 5.74) is 0. The minimum Gasteiger partial charge on any atom is -0.479 e. The van der Waals surface area contributed by atoms with E-state index in [1.165, 1.54) is 19.3 Å². The fourth-order valence-corrected chi connectivity index (χ4v) is 2.14. The van der Waals surface area contributed by atoms with E-state index in [1.807, 2.05) is 6.92 Å². The molecule has 3 heteroatoms. The molecule has 0 heterocycles. The molecule has 0 spiro atoms. The number of carboxylic acids is 1. The first-order chi connectivity index (χ1) is 6.13. The van der Waals surface area contributed by atoms with Gasteiger partial charge in [0, 0.05) is 0 Å². The maximum atomic E-state index is 10.5. The topological polar surface area (TPSA) is 57.5 Å². The van der Waals surface area contributed by atoms with Gasteiger partial charge < -0.3 is 10.2 Å². The molecule has 0 bridgehead atoms. The Morgan fingerprint density at radius 3 is 2.31 bits per heavy atom. The number of carbonyl (C=O) groups is 1. The molecule has 0 aromatic rings. The summed E-state index contributed by atoms with van der Waals surface area (Å²) in [7, 11) is 0. The van der Waals surface area contributed by atoms with Crippen LogP contribution in [0.3, 0.4) is 0 Å². The molecule has 2 atom stereocenters. The van der Waals surface area contributed by atoms with Gasteiger partial charge in [-0.1, -0.05) is 39.0 Å². The third-order valence-corrected chi connectivity index (χ3v) is 3.14. The maximum Gasteiger partial charge on any atom is 0.332 e. The van der Waals surface area contributed by atoms with Gasteiger partial charge in [-0.2, -0.15) is 0 Å². The van der Waals surface area contributed by atoms with Gasteiger partial charge in [-0.05, 0) is 11.8 Å². The van der Waals surface area contributed by atoms with Crippen LogP contribution in [0.4, 0.5) is 0 Å². The van der Waals surface area contributed by atoms with Crippen molar-refractivity contribution >= 4 is 5.97 Å². The van der Waals surface area contributed by atoms with Gasteiger partial charge >= 0.3 is 5.97 Å². The van der Waals surface area contributed by atoms with Crippen molar-refractivity contribution in [3.8, 4) is 0 Å². The normalized spacial score (nSPS) is 23.8. The summed E-state index contributed by atoms with van der Waals surface area (Å²) in [6.45, 7) is 1.84. The van der Waals surface area contributed by atoms with Gasteiger partial charge in [0.1, 0.15) is 0 Å². The van der Waals surface area contributed by atoms with Crippen LogP contribution in [0.1, 0.15) is 39.0 Å². The van der Waals surface area contributed by atoms with Crippen molar-refractivity contribution in [3.05, 3.63) is 0 Å². The Balaban J connectivity index is 2.44. The van der Waals surface area contributed by atoms with Gasteiger partial charge in [0.25, 0.3) is 0 Å². The summed E-state index contributed by atoms with van der Waals surface area (Å²) in [6, 6.07) is 0. The fourth-order valence-electron chi connectivity index (χ4n) is 2.14. The molecule has 0 aromatic heterocycles. The zero-order valence-corrected chi connectivity index (χ0v) is 8.07. The minimum absolute atomic E-state index is 0.0993. The molecule has 2 unspecified atom stereocenters. The Hall–Kier alpha value is -0.570. The Bertz CT molecular complexity index is 173. The molecule has 0 saturated heterocycles. The van der Waals surface area contributed by atoms with Crippen molar-refractivity contribution in [1.82, 2.24) is 0 Å². The lowest BCUT2D eigenvalue weighted by molar-refractivity contribution is -0.150. The molecule has 0 radical (unpaired) electrons. The number of rotatable bonds is 3. The summed E-state index contributed by atoms with van der Waals surface area (Å²) in [5, 5.41) is 18.0. The van der Waals surface area contributed by atoms with E-state index in [0.717, 1.165) is 12.8 Å². The standard InChI is InChI=1S/C10H18O3/c1-7(9(11)10(12)13)8-5-3-2-4-6-8/h7-9,11H,2-6H2,1H3,(H,12,13). The fraction of sp³-hybridized carbons (Fsp3) is 0.900. The Kier molecular flexibility index (Phi) is 3.72. The smallest absolute Gasteiger partial charge is 0.332 e. The van der Waals surface area contributed by atoms with Crippen LogP contribution in [-0.4, -0.2) is 22.3 Å². The van der Waals surface area contributed by atoms with Crippen LogP contribution in [0.2, 0.25) is 0 Å². The van der Waals surface area contributed by atoms with Crippen LogP contribution in [0, 0.1) is 11.8 Å². The lowest BCUT2D eigenvalue weighted by Gasteiger charge is -2.29. The van der Waals surface area contributed by atoms with Gasteiger partial charge in [0.05, 0.1) is 0 Å². The predicted molar refractivity (Wildman–Crippen MR) is 49.4 cm³/mol. The van der Waals surface area contributed by atoms with E-state index in [4.69, 9.17) is 5.11 Å². The van der Waals surface area contributed by atoms with Crippen LogP contribution >= 0.6 is 0 Å². The third kappa shape index (κ3) is 2.69. The lowest BCUT2D eigenvalue weighted by atomic mass is 9.78. The van der Waals surface area contributed by atoms with Crippen LogP contribution in [0.15, 0.2) is 0 Å². The van der Waals surface area contributed by atoms with Crippen LogP contribution in [0.5, 0.6) is 0 Å². The van der Waals surface area contributed by atoms with Crippen LogP contribution < -0.4 is 0 Å². The van der Waals surface area contributed by atoms with E-state index in [1.54, 1.807) is 0 Å². The summed E-state index contributed by atoms with van der Waals surface area (Å²) < 4.78 is 0. The van der Waals surface area contributed by atoms with Gasteiger partial charge in [-0.25, -0.2) is 4.79 Å². The molecule has 13 heavy (non-hydrogen) atoms. The number of aliphatic hydroxyl groups is 1. The van der Waals surface area contributed by atoms with Crippen molar-refractivity contribution in [3.63, 3.8) is 0 Å². The number of aliphatic carboxylic acids is 1. The lowest BCUT2D eigenvalue weighted by Crippen LogP contribution is -2.33. The van der Waals surface area contributed by atoms with Crippen molar-refractivity contribution in [1.29, 1.82) is 0 Å². The molecule has 76 valence electrons. The summed E-state index contributed by atoms with van der Waals surface area (Å²) in [4.78, 5) is 10.5. The quantitative estimate of drug-likeness (QED) is 0.704. The first-order valence-electron chi connectivity index (χ1n) is 5.04. The van der Waals surface area contributed by atoms with Crippen molar-refractivity contribution < 1.29 is 15.0 Å². The molecule has 3 nitrogen and oxygen atoms in total. The Labute approximate surface area is 78.8 Å². The average Bonchev–Trinajstić information content (AvgIpc) is 2.17. The van der Waals surface area contributed by atoms with Gasteiger partial charge in [0.2, 0.25) is 0 Å². The highest BCUT2D eigenvalue weighted by Crippen LogP contribution is 2.31. The van der Waals surface area contributed by atoms with Crippen molar-refractivity contribution in [2.45, 2.75) is 45.1 Å². The summed E-state index contributed by atoms with van der Waals surface area (Å²) in [6.07, 6.45) is 4.59. The molecule has 1 fully saturated rings. The van der Waals surface area contributed by atoms with Crippen LogP contribution in [0.25, 0.3) is 0 Å². The third-order valence-electron chi connectivity index (χ3n) is 3.14. The molecule has 0 aromatic carbocycles. The summed E-state index contributed by atoms with van der Waals surface area (Å²) >= 11 is 0. The second kappa shape index (κ2) is 4.61. The second-order valence-electron chi connectivity index (χ2n) is 4.04. The molecule has 2 N–H and O–H groups in total. The highest BCUT2D eigenvalue weighted by atomic mass is 16.4. The largest absolute Gasteiger partial charge is 0.479 e. The number of hydrogen-bond donors (Lipinski definition) is 2. The van der Waals surface area contributed by atoms with E-state index in [2.05, 4.69) is 0 Å². The molecule has 1 aliphatic carbocycles. The van der Waals surface area contributed by atoms with Gasteiger partial charge in [0.15, 0.2) is 6.10 Å². The van der Waals surface area contributed by atoms with E-state index in [9.17, 15) is 9.90 Å². The second-order valence-corrected chi connectivity index (χ2v) is 4.04. The molecule has 1 aliphatic rings. The Morgan fingerprint density at radius 1 is 1.31 bits per heavy atom. The molecule has 0 aliphatic heterocycles. The van der Waals surface area contributed by atoms with E-state index in [-0.39, 0.29) is 5.92 Å². The first kappa shape index (κ1) is 10.5. The molecule has 0 amide bonds. The van der Waals surface area contributed by atoms with Gasteiger partial charge in [-0.3, -0.25) is 0 Å². The first-order valence-corrected chi connectivity index (χ1v) is 5.04. The molecule has 1 saturated carbocycles. The van der Waals surface area contributed by atoms with E-state index < -0.39 is 12.1 Å². The highest BCUT2D eigenvalue weighted by molar-refractivity contribution is 5.72. The number of aliphatic hydroxyl groups excluding tert-OH is 1. The number of carboxylic acid groups (broad SMARTS) is 1. The summed E-state index contributed by atoms with van der Waals surface area (Å²) in [5.74, 6) is -0.782. The zero-order chi connectivity index (χ0) is 9.84. The van der Waals surface area contributed by atoms with Crippen LogP contribution in [-0.2, 0) is 4.79 Å². The van der Waals surface area contributed by atoms with Gasteiger partial charge in [-0.15, -0.1) is 0 Å². The Morgan fingerprint density at radius 2 is 1.85 bits per heavy atom. The minimum atomic E-state index is -1.18. The molecular weight excluding hydrogens is 168 g/mol. The SMILES string of the molecule is CC(C1CCCCC1)C(O)C(=O)O. The highest BCUT2D eigenvalue weighted by Gasteiger charge is 2.29. The maximum absolute atomic E-state index is 10.5. The van der Waals surface area contributed by atoms with E-state index >= 15 is 0 Å². The predicted octanol–water partition coefficient (Wildman–Crippen LogP) is 1.65. The van der Waals surface area contributed by atoms with Crippen molar-refractivity contribution in [2.24, 2.45) is 11.8 Å². The monoisotopic (exact) mass is 186 g/mol. The van der Waals surface area contributed by atoms with Crippen molar-refractivity contribution in [2.75, 3.05) is 0 Å². The average molecular weight is 186 g/mol. The zero-order valence-electron chi connectivity index (χ0n) is 8.07. The number of hydrogen-bond acceptors (Lipinski definition) is 2. The molecule has 1 rings (SSSR count). The molecular formula is C10H18O3.